The maximum atomic E-state index is 10.9. The number of fused-ring (bicyclic) bond motifs is 2. The number of non-ortho nitro benzene ring substituents is 1. The van der Waals surface area contributed by atoms with Gasteiger partial charge in [-0.1, -0.05) is 6.92 Å². The lowest BCUT2D eigenvalue weighted by Gasteiger charge is -2.47. The van der Waals surface area contributed by atoms with Crippen molar-refractivity contribution < 1.29 is 14.4 Å². The summed E-state index contributed by atoms with van der Waals surface area (Å²) in [4.78, 5) is 10.3. The molecule has 0 spiro atoms. The van der Waals surface area contributed by atoms with Crippen molar-refractivity contribution in [3.8, 4) is 18.2 Å². The summed E-state index contributed by atoms with van der Waals surface area (Å²) in [6, 6.07) is 11.0. The van der Waals surface area contributed by atoms with E-state index >= 15 is 0 Å². The van der Waals surface area contributed by atoms with E-state index in [9.17, 15) is 25.9 Å². The minimum atomic E-state index is -2.05. The standard InChI is InChI=1S/C17H13N5O4/c1-10-15(2)25-13(11-3-5-12(6-4-11)22(23)24)16(7-18,8-19)17(10,9-20)14(21)26-15/h3-6,10,13,21H,1-2H3/t10-,13-,15-,17-/m0/s1. The monoisotopic (exact) mass is 351 g/mol. The Hall–Kier alpha value is -3.48. The zero-order valence-corrected chi connectivity index (χ0v) is 13.9. The van der Waals surface area contributed by atoms with Gasteiger partial charge in [-0.3, -0.25) is 15.5 Å². The summed E-state index contributed by atoms with van der Waals surface area (Å²) in [6.07, 6.45) is -1.22. The molecule has 9 nitrogen and oxygen atoms in total. The molecule has 0 aliphatic carbocycles. The van der Waals surface area contributed by atoms with Crippen LogP contribution in [0.3, 0.4) is 0 Å². The second kappa shape index (κ2) is 5.26. The van der Waals surface area contributed by atoms with Crippen molar-refractivity contribution in [2.75, 3.05) is 0 Å². The molecule has 0 aromatic heterocycles. The molecule has 0 radical (unpaired) electrons. The van der Waals surface area contributed by atoms with Crippen LogP contribution in [0.5, 0.6) is 0 Å². The van der Waals surface area contributed by atoms with Gasteiger partial charge in [0.25, 0.3) is 5.69 Å². The number of nitro groups is 1. The number of hydrogen-bond acceptors (Lipinski definition) is 8. The first-order chi connectivity index (χ1) is 12.2. The first-order valence-corrected chi connectivity index (χ1v) is 7.66. The molecule has 3 rings (SSSR count). The third-order valence-electron chi connectivity index (χ3n) is 5.40. The number of nitriles is 3. The van der Waals surface area contributed by atoms with E-state index in [2.05, 4.69) is 0 Å². The molecule has 2 aliphatic rings. The first-order valence-electron chi connectivity index (χ1n) is 7.66. The molecule has 1 N–H and O–H groups in total. The van der Waals surface area contributed by atoms with Crippen LogP contribution in [-0.4, -0.2) is 16.6 Å². The minimum absolute atomic E-state index is 0.161. The van der Waals surface area contributed by atoms with Crippen LogP contribution in [-0.2, 0) is 9.47 Å². The van der Waals surface area contributed by atoms with Crippen LogP contribution in [0.4, 0.5) is 5.69 Å². The number of hydrogen-bond donors (Lipinski definition) is 1. The van der Waals surface area contributed by atoms with Crippen LogP contribution >= 0.6 is 0 Å². The molecule has 2 bridgehead atoms. The molecule has 1 aromatic carbocycles. The normalized spacial score (nSPS) is 34.0. The van der Waals surface area contributed by atoms with E-state index in [1.807, 2.05) is 18.2 Å². The highest BCUT2D eigenvalue weighted by molar-refractivity contribution is 5.89. The van der Waals surface area contributed by atoms with E-state index in [0.29, 0.717) is 5.56 Å². The van der Waals surface area contributed by atoms with Gasteiger partial charge in [0.05, 0.1) is 29.0 Å². The molecule has 0 saturated carbocycles. The molecule has 2 aliphatic heterocycles. The number of benzene rings is 1. The number of ether oxygens (including phenoxy) is 2. The quantitative estimate of drug-likeness (QED) is 0.633. The summed E-state index contributed by atoms with van der Waals surface area (Å²) in [5.74, 6) is -2.61. The topological polar surface area (TPSA) is 157 Å². The fourth-order valence-electron chi connectivity index (χ4n) is 3.78. The maximum absolute atomic E-state index is 10.9. The van der Waals surface area contributed by atoms with Gasteiger partial charge in [0.2, 0.25) is 17.1 Å². The molecular formula is C17H13N5O4. The van der Waals surface area contributed by atoms with Gasteiger partial charge in [0, 0.05) is 19.1 Å². The average molecular weight is 351 g/mol. The Labute approximate surface area is 148 Å². The van der Waals surface area contributed by atoms with Crippen LogP contribution in [0.15, 0.2) is 24.3 Å². The Kier molecular flexibility index (Phi) is 3.51. The number of nitro benzene ring substituents is 1. The molecular weight excluding hydrogens is 338 g/mol. The third-order valence-corrected chi connectivity index (χ3v) is 5.40. The smallest absolute Gasteiger partial charge is 0.269 e. The van der Waals surface area contributed by atoms with E-state index in [-0.39, 0.29) is 5.69 Å². The van der Waals surface area contributed by atoms with E-state index in [4.69, 9.17) is 14.9 Å². The molecule has 4 atom stereocenters. The van der Waals surface area contributed by atoms with Gasteiger partial charge in [-0.25, -0.2) is 0 Å². The molecule has 2 saturated heterocycles. The first kappa shape index (κ1) is 17.3. The minimum Gasteiger partial charge on any atom is -0.448 e. The zero-order valence-electron chi connectivity index (χ0n) is 13.9. The fraction of sp³-hybridized carbons (Fsp3) is 0.412. The van der Waals surface area contributed by atoms with Gasteiger partial charge < -0.3 is 9.47 Å². The number of nitrogens with one attached hydrogen (secondary N) is 1. The average Bonchev–Trinajstić information content (AvgIpc) is 2.77. The molecule has 2 fully saturated rings. The van der Waals surface area contributed by atoms with E-state index < -0.39 is 39.5 Å². The molecule has 130 valence electrons. The van der Waals surface area contributed by atoms with E-state index in [0.717, 1.165) is 0 Å². The largest absolute Gasteiger partial charge is 0.448 e. The van der Waals surface area contributed by atoms with Crippen LogP contribution in [0, 0.1) is 66.3 Å². The van der Waals surface area contributed by atoms with Crippen LogP contribution in [0.25, 0.3) is 0 Å². The van der Waals surface area contributed by atoms with Crippen molar-refractivity contribution in [1.29, 1.82) is 21.2 Å². The van der Waals surface area contributed by atoms with Crippen molar-refractivity contribution in [2.24, 2.45) is 16.7 Å². The second-order valence-electron chi connectivity index (χ2n) is 6.47. The second-order valence-corrected chi connectivity index (χ2v) is 6.47. The Morgan fingerprint density at radius 2 is 1.77 bits per heavy atom. The van der Waals surface area contributed by atoms with Gasteiger partial charge in [-0.15, -0.1) is 0 Å². The predicted molar refractivity (Wildman–Crippen MR) is 85.0 cm³/mol. The lowest BCUT2D eigenvalue weighted by atomic mass is 9.54. The van der Waals surface area contributed by atoms with Gasteiger partial charge in [0.15, 0.2) is 5.41 Å². The van der Waals surface area contributed by atoms with Crippen LogP contribution in [0.1, 0.15) is 25.5 Å². The van der Waals surface area contributed by atoms with Crippen molar-refractivity contribution in [1.82, 2.24) is 0 Å². The van der Waals surface area contributed by atoms with Crippen LogP contribution < -0.4 is 0 Å². The molecule has 26 heavy (non-hydrogen) atoms. The molecule has 2 heterocycles. The van der Waals surface area contributed by atoms with E-state index in [1.54, 1.807) is 13.8 Å². The number of rotatable bonds is 2. The lowest BCUT2D eigenvalue weighted by Crippen LogP contribution is -2.57. The molecule has 0 amide bonds. The fourth-order valence-corrected chi connectivity index (χ4v) is 3.78. The summed E-state index contributed by atoms with van der Waals surface area (Å²) in [5.41, 5.74) is -3.72. The maximum Gasteiger partial charge on any atom is 0.269 e. The van der Waals surface area contributed by atoms with Crippen molar-refractivity contribution in [2.45, 2.75) is 25.7 Å². The van der Waals surface area contributed by atoms with Gasteiger partial charge in [0.1, 0.15) is 6.10 Å². The van der Waals surface area contributed by atoms with Crippen molar-refractivity contribution in [3.63, 3.8) is 0 Å². The summed E-state index contributed by atoms with van der Waals surface area (Å²) in [7, 11) is 0. The molecule has 9 heteroatoms. The highest BCUT2D eigenvalue weighted by Gasteiger charge is 2.78. The summed E-state index contributed by atoms with van der Waals surface area (Å²) < 4.78 is 11.4. The summed E-state index contributed by atoms with van der Waals surface area (Å²) in [6.45, 7) is 3.14. The predicted octanol–water partition coefficient (Wildman–Crippen LogP) is 2.57. The highest BCUT2D eigenvalue weighted by Crippen LogP contribution is 2.66. The Morgan fingerprint density at radius 3 is 2.23 bits per heavy atom. The summed E-state index contributed by atoms with van der Waals surface area (Å²) in [5, 5.41) is 48.7. The Morgan fingerprint density at radius 1 is 1.19 bits per heavy atom. The molecule has 1 aromatic rings. The zero-order chi connectivity index (χ0) is 19.3. The Balaban J connectivity index is 2.25. The lowest BCUT2D eigenvalue weighted by molar-refractivity contribution is -0.384. The van der Waals surface area contributed by atoms with E-state index in [1.165, 1.54) is 24.3 Å². The van der Waals surface area contributed by atoms with Crippen LogP contribution in [0.2, 0.25) is 0 Å². The van der Waals surface area contributed by atoms with Gasteiger partial charge in [-0.05, 0) is 17.7 Å². The molecule has 0 unspecified atom stereocenters. The summed E-state index contributed by atoms with van der Waals surface area (Å²) >= 11 is 0. The van der Waals surface area contributed by atoms with Gasteiger partial charge in [-0.2, -0.15) is 15.8 Å². The SMILES string of the molecule is C[C@H]1[C@]2(C)OC(=N)[C@@]1(C#N)C(C#N)(C#N)[C@H](c1ccc([N+](=O)[O-])cc1)O2. The number of nitrogens with zero attached hydrogens (tertiary/aromatic N) is 4. The highest BCUT2D eigenvalue weighted by atomic mass is 16.7. The van der Waals surface area contributed by atoms with Crippen molar-refractivity contribution >= 4 is 11.6 Å². The van der Waals surface area contributed by atoms with Crippen molar-refractivity contribution in [3.05, 3.63) is 39.9 Å². The Bertz CT molecular complexity index is 924. The van der Waals surface area contributed by atoms with Gasteiger partial charge >= 0.3 is 0 Å². The third kappa shape index (κ3) is 1.77.